The Kier molecular flexibility index (Phi) is 5.80. The summed E-state index contributed by atoms with van der Waals surface area (Å²) in [4.78, 5) is 15.3. The molecule has 0 saturated carbocycles. The Hall–Kier alpha value is -1.59. The Balaban J connectivity index is 1.84. The molecule has 122 valence electrons. The number of aliphatic hydroxyl groups is 1. The highest BCUT2D eigenvalue weighted by Gasteiger charge is 2.21. The molecule has 5 heteroatoms. The molecular weight excluding hydrogens is 280 g/mol. The number of carbonyl (C=O) groups is 1. The maximum Gasteiger partial charge on any atom is 0.219 e. The highest BCUT2D eigenvalue weighted by atomic mass is 16.5. The number of rotatable bonds is 5. The number of ether oxygens (including phenoxy) is 1. The van der Waals surface area contributed by atoms with Gasteiger partial charge in [0.15, 0.2) is 0 Å². The highest BCUT2D eigenvalue weighted by molar-refractivity contribution is 5.73. The molecule has 1 fully saturated rings. The lowest BCUT2D eigenvalue weighted by Gasteiger charge is -2.35. The molecule has 1 aromatic carbocycles. The average molecular weight is 306 g/mol. The van der Waals surface area contributed by atoms with Crippen LogP contribution in [0.2, 0.25) is 0 Å². The van der Waals surface area contributed by atoms with Crippen LogP contribution in [0.15, 0.2) is 24.3 Å². The molecule has 22 heavy (non-hydrogen) atoms. The normalized spacial score (nSPS) is 17.6. The van der Waals surface area contributed by atoms with Crippen LogP contribution in [0.1, 0.15) is 32.4 Å². The fourth-order valence-corrected chi connectivity index (χ4v) is 2.64. The van der Waals surface area contributed by atoms with Crippen LogP contribution < -0.4 is 4.74 Å². The van der Waals surface area contributed by atoms with Gasteiger partial charge in [0, 0.05) is 39.6 Å². The molecule has 1 amide bonds. The van der Waals surface area contributed by atoms with Crippen molar-refractivity contribution >= 4 is 5.91 Å². The number of hydrogen-bond donors (Lipinski definition) is 1. The molecule has 1 aromatic rings. The number of hydrogen-bond acceptors (Lipinski definition) is 4. The number of amides is 1. The highest BCUT2D eigenvalue weighted by Crippen LogP contribution is 2.20. The number of benzene rings is 1. The fourth-order valence-electron chi connectivity index (χ4n) is 2.64. The van der Waals surface area contributed by atoms with Crippen molar-refractivity contribution < 1.29 is 14.6 Å². The van der Waals surface area contributed by atoms with Crippen LogP contribution in [0.5, 0.6) is 5.75 Å². The summed E-state index contributed by atoms with van der Waals surface area (Å²) < 4.78 is 5.60. The number of β-amino-alcohol motifs (C(OH)–C–C–N with tert-alkyl or cyclic N) is 1. The summed E-state index contributed by atoms with van der Waals surface area (Å²) in [6.07, 6.45) is -0.370. The van der Waals surface area contributed by atoms with E-state index in [2.05, 4.69) is 4.90 Å². The number of nitrogens with zero attached hydrogens (tertiary/aromatic N) is 2. The molecule has 2 rings (SSSR count). The van der Waals surface area contributed by atoms with Crippen LogP contribution in [0.25, 0.3) is 0 Å². The minimum absolute atomic E-state index is 0.126. The van der Waals surface area contributed by atoms with E-state index in [1.807, 2.05) is 43.0 Å². The maximum atomic E-state index is 11.3. The predicted octanol–water partition coefficient (Wildman–Crippen LogP) is 1.67. The second-order valence-electron chi connectivity index (χ2n) is 6.06. The fraction of sp³-hybridized carbons (Fsp3) is 0.588. The van der Waals surface area contributed by atoms with Gasteiger partial charge in [0.25, 0.3) is 0 Å². The summed E-state index contributed by atoms with van der Waals surface area (Å²) in [6.45, 7) is 9.27. The van der Waals surface area contributed by atoms with Gasteiger partial charge in [-0.05, 0) is 31.5 Å². The molecule has 1 aliphatic heterocycles. The Morgan fingerprint density at radius 2 is 1.77 bits per heavy atom. The summed E-state index contributed by atoms with van der Waals surface area (Å²) in [5.41, 5.74) is 0.894. The van der Waals surface area contributed by atoms with Gasteiger partial charge in [-0.2, -0.15) is 0 Å². The molecule has 5 nitrogen and oxygen atoms in total. The third-order valence-corrected chi connectivity index (χ3v) is 3.89. The van der Waals surface area contributed by atoms with E-state index in [9.17, 15) is 9.90 Å². The lowest BCUT2D eigenvalue weighted by molar-refractivity contribution is -0.130. The van der Waals surface area contributed by atoms with E-state index in [0.717, 1.165) is 37.5 Å². The average Bonchev–Trinajstić information content (AvgIpc) is 2.48. The summed E-state index contributed by atoms with van der Waals surface area (Å²) >= 11 is 0. The van der Waals surface area contributed by atoms with Crippen molar-refractivity contribution in [2.45, 2.75) is 33.0 Å². The molecule has 1 aliphatic rings. The molecule has 1 unspecified atom stereocenters. The summed E-state index contributed by atoms with van der Waals surface area (Å²) in [7, 11) is 0. The molecular formula is C17H26N2O3. The van der Waals surface area contributed by atoms with Gasteiger partial charge in [-0.3, -0.25) is 9.69 Å². The largest absolute Gasteiger partial charge is 0.491 e. The van der Waals surface area contributed by atoms with Crippen molar-refractivity contribution in [2.24, 2.45) is 0 Å². The first-order chi connectivity index (χ1) is 10.5. The molecule has 1 N–H and O–H groups in total. The van der Waals surface area contributed by atoms with Crippen LogP contribution >= 0.6 is 0 Å². The maximum absolute atomic E-state index is 11.3. The Morgan fingerprint density at radius 1 is 1.18 bits per heavy atom. The summed E-state index contributed by atoms with van der Waals surface area (Å²) in [5.74, 6) is 0.946. The van der Waals surface area contributed by atoms with Crippen LogP contribution in [-0.4, -0.2) is 59.6 Å². The monoisotopic (exact) mass is 306 g/mol. The van der Waals surface area contributed by atoms with E-state index in [1.165, 1.54) is 0 Å². The Labute approximate surface area is 132 Å². The minimum Gasteiger partial charge on any atom is -0.491 e. The second-order valence-corrected chi connectivity index (χ2v) is 6.06. The van der Waals surface area contributed by atoms with E-state index in [0.29, 0.717) is 6.54 Å². The smallest absolute Gasteiger partial charge is 0.219 e. The zero-order chi connectivity index (χ0) is 16.1. The number of aliphatic hydroxyl groups excluding tert-OH is 1. The van der Waals surface area contributed by atoms with Gasteiger partial charge in [0.1, 0.15) is 5.75 Å². The predicted molar refractivity (Wildman–Crippen MR) is 85.9 cm³/mol. The first kappa shape index (κ1) is 16.8. The van der Waals surface area contributed by atoms with Crippen LogP contribution in [0, 0.1) is 0 Å². The van der Waals surface area contributed by atoms with Crippen molar-refractivity contribution in [1.82, 2.24) is 9.80 Å². The van der Waals surface area contributed by atoms with Crippen LogP contribution in [-0.2, 0) is 4.79 Å². The van der Waals surface area contributed by atoms with Crippen molar-refractivity contribution in [3.05, 3.63) is 29.8 Å². The molecule has 1 heterocycles. The van der Waals surface area contributed by atoms with E-state index >= 15 is 0 Å². The van der Waals surface area contributed by atoms with Gasteiger partial charge in [-0.25, -0.2) is 0 Å². The molecule has 0 aliphatic carbocycles. The zero-order valence-corrected chi connectivity index (χ0v) is 13.7. The lowest BCUT2D eigenvalue weighted by atomic mass is 10.1. The van der Waals surface area contributed by atoms with Crippen LogP contribution in [0.3, 0.4) is 0 Å². The van der Waals surface area contributed by atoms with E-state index < -0.39 is 6.10 Å². The van der Waals surface area contributed by atoms with E-state index in [1.54, 1.807) is 6.92 Å². The molecule has 1 atom stereocenters. The molecule has 1 saturated heterocycles. The Bertz CT molecular complexity index is 479. The number of piperazine rings is 1. The zero-order valence-electron chi connectivity index (χ0n) is 13.7. The lowest BCUT2D eigenvalue weighted by Crippen LogP contribution is -2.48. The van der Waals surface area contributed by atoms with E-state index in [4.69, 9.17) is 4.74 Å². The number of carbonyl (C=O) groups excluding carboxylic acids is 1. The van der Waals surface area contributed by atoms with Crippen molar-refractivity contribution in [3.63, 3.8) is 0 Å². The van der Waals surface area contributed by atoms with Gasteiger partial charge in [-0.15, -0.1) is 0 Å². The topological polar surface area (TPSA) is 53.0 Å². The molecule has 0 spiro atoms. The third kappa shape index (κ3) is 4.71. The third-order valence-electron chi connectivity index (χ3n) is 3.89. The summed E-state index contributed by atoms with van der Waals surface area (Å²) in [5, 5.41) is 10.4. The van der Waals surface area contributed by atoms with Gasteiger partial charge in [0.2, 0.25) is 5.91 Å². The Morgan fingerprint density at radius 3 is 2.27 bits per heavy atom. The minimum atomic E-state index is -0.517. The van der Waals surface area contributed by atoms with E-state index in [-0.39, 0.29) is 12.0 Å². The first-order valence-corrected chi connectivity index (χ1v) is 7.88. The van der Waals surface area contributed by atoms with Gasteiger partial charge >= 0.3 is 0 Å². The quantitative estimate of drug-likeness (QED) is 0.899. The molecule has 0 aromatic heterocycles. The van der Waals surface area contributed by atoms with Crippen molar-refractivity contribution in [3.8, 4) is 5.75 Å². The van der Waals surface area contributed by atoms with Gasteiger partial charge < -0.3 is 14.7 Å². The van der Waals surface area contributed by atoms with Crippen molar-refractivity contribution in [2.75, 3.05) is 32.7 Å². The SMILES string of the molecule is CC(=O)N1CCN(CC(O)c2ccc(OC(C)C)cc2)CC1. The van der Waals surface area contributed by atoms with Gasteiger partial charge in [-0.1, -0.05) is 12.1 Å². The van der Waals surface area contributed by atoms with Crippen LogP contribution in [0.4, 0.5) is 0 Å². The summed E-state index contributed by atoms with van der Waals surface area (Å²) in [6, 6.07) is 7.61. The standard InChI is InChI=1S/C17H26N2O3/c1-13(2)22-16-6-4-15(5-7-16)17(21)12-18-8-10-19(11-9-18)14(3)20/h4-7,13,17,21H,8-12H2,1-3H3. The first-order valence-electron chi connectivity index (χ1n) is 7.88. The second kappa shape index (κ2) is 7.61. The molecule has 0 radical (unpaired) electrons. The molecule has 0 bridgehead atoms. The van der Waals surface area contributed by atoms with Crippen molar-refractivity contribution in [1.29, 1.82) is 0 Å². The van der Waals surface area contributed by atoms with Gasteiger partial charge in [0.05, 0.1) is 12.2 Å².